The van der Waals surface area contributed by atoms with Gasteiger partial charge in [-0.3, -0.25) is 14.8 Å². The summed E-state index contributed by atoms with van der Waals surface area (Å²) in [7, 11) is 1.75. The Morgan fingerprint density at radius 1 is 1.35 bits per heavy atom. The molecule has 2 aromatic heterocycles. The lowest BCUT2D eigenvalue weighted by Gasteiger charge is -2.17. The van der Waals surface area contributed by atoms with Crippen LogP contribution in [0.3, 0.4) is 0 Å². The number of nitrogens with zero attached hydrogens (tertiary/aromatic N) is 4. The third kappa shape index (κ3) is 2.71. The van der Waals surface area contributed by atoms with Gasteiger partial charge in [0.1, 0.15) is 0 Å². The second kappa shape index (κ2) is 5.44. The van der Waals surface area contributed by atoms with E-state index in [1.54, 1.807) is 24.0 Å². The number of rotatable bonds is 3. The monoisotopic (exact) mass is 275 g/mol. The van der Waals surface area contributed by atoms with Gasteiger partial charge < -0.3 is 4.42 Å². The van der Waals surface area contributed by atoms with Gasteiger partial charge in [-0.1, -0.05) is 24.4 Å². The van der Waals surface area contributed by atoms with Crippen molar-refractivity contribution in [1.29, 1.82) is 0 Å². The molecule has 0 atom stereocenters. The molecule has 1 N–H and O–H groups in total. The minimum absolute atomic E-state index is 0.140. The van der Waals surface area contributed by atoms with Gasteiger partial charge in [0, 0.05) is 19.2 Å². The lowest BCUT2D eigenvalue weighted by Crippen LogP contribution is -2.13. The van der Waals surface area contributed by atoms with Crippen LogP contribution in [0.2, 0.25) is 0 Å². The van der Waals surface area contributed by atoms with E-state index in [0.717, 1.165) is 12.8 Å². The average Bonchev–Trinajstić information content (AvgIpc) is 3.09. The van der Waals surface area contributed by atoms with Crippen molar-refractivity contribution in [3.05, 3.63) is 23.8 Å². The number of amides is 1. The van der Waals surface area contributed by atoms with E-state index in [2.05, 4.69) is 20.6 Å². The molecule has 0 aliphatic heterocycles. The largest absolute Gasteiger partial charge is 0.408 e. The first-order valence-corrected chi connectivity index (χ1v) is 6.87. The van der Waals surface area contributed by atoms with Crippen molar-refractivity contribution in [1.82, 2.24) is 20.0 Å². The van der Waals surface area contributed by atoms with E-state index >= 15 is 0 Å². The zero-order valence-corrected chi connectivity index (χ0v) is 11.4. The van der Waals surface area contributed by atoms with Gasteiger partial charge in [0.2, 0.25) is 5.89 Å². The minimum atomic E-state index is -0.343. The van der Waals surface area contributed by atoms with Crippen molar-refractivity contribution < 1.29 is 9.21 Å². The van der Waals surface area contributed by atoms with Crippen molar-refractivity contribution in [2.45, 2.75) is 38.0 Å². The first kappa shape index (κ1) is 12.8. The van der Waals surface area contributed by atoms with Gasteiger partial charge in [0.15, 0.2) is 5.69 Å². The Kier molecular flexibility index (Phi) is 3.49. The zero-order valence-electron chi connectivity index (χ0n) is 11.4. The Balaban J connectivity index is 1.66. The first-order chi connectivity index (χ1) is 9.72. The Morgan fingerprint density at radius 3 is 2.85 bits per heavy atom. The molecule has 0 unspecified atom stereocenters. The molecule has 0 bridgehead atoms. The molecule has 0 radical (unpaired) electrons. The number of carbonyl (C=O) groups excluding carboxylic acids is 1. The van der Waals surface area contributed by atoms with Crippen LogP contribution in [0.1, 0.15) is 54.4 Å². The van der Waals surface area contributed by atoms with Gasteiger partial charge in [0.25, 0.3) is 5.91 Å². The highest BCUT2D eigenvalue weighted by atomic mass is 16.4. The molecule has 0 aromatic carbocycles. The van der Waals surface area contributed by atoms with Gasteiger partial charge in [-0.2, -0.15) is 5.10 Å². The Bertz CT molecular complexity index is 597. The fraction of sp³-hybridized carbons (Fsp3) is 0.538. The third-order valence-corrected chi connectivity index (χ3v) is 3.56. The fourth-order valence-corrected chi connectivity index (χ4v) is 2.50. The van der Waals surface area contributed by atoms with Crippen LogP contribution >= 0.6 is 0 Å². The summed E-state index contributed by atoms with van der Waals surface area (Å²) in [6.07, 6.45) is 7.53. The van der Waals surface area contributed by atoms with E-state index < -0.39 is 0 Å². The molecule has 1 aliphatic rings. The van der Waals surface area contributed by atoms with Gasteiger partial charge in [-0.25, -0.2) is 0 Å². The Labute approximate surface area is 116 Å². The molecule has 3 rings (SSSR count). The van der Waals surface area contributed by atoms with Crippen LogP contribution in [0.4, 0.5) is 6.01 Å². The Hall–Kier alpha value is -2.18. The molecule has 2 aromatic rings. The first-order valence-electron chi connectivity index (χ1n) is 6.87. The highest BCUT2D eigenvalue weighted by molar-refractivity contribution is 6.01. The standard InChI is InChI=1S/C13H17N5O2/c1-18-8-7-10(17-18)11(19)14-13-16-15-12(20-13)9-5-3-2-4-6-9/h7-9H,2-6H2,1H3,(H,14,16,19). The molecular weight excluding hydrogens is 258 g/mol. The molecule has 1 saturated carbocycles. The van der Waals surface area contributed by atoms with Gasteiger partial charge in [0.05, 0.1) is 0 Å². The smallest absolute Gasteiger partial charge is 0.322 e. The van der Waals surface area contributed by atoms with Crippen LogP contribution in [0.15, 0.2) is 16.7 Å². The predicted molar refractivity (Wildman–Crippen MR) is 71.3 cm³/mol. The summed E-state index contributed by atoms with van der Waals surface area (Å²) in [5.41, 5.74) is 0.324. The SMILES string of the molecule is Cn1ccc(C(=O)Nc2nnc(C3CCCCC3)o2)n1. The number of hydrogen-bond donors (Lipinski definition) is 1. The summed E-state index contributed by atoms with van der Waals surface area (Å²) in [4.78, 5) is 11.9. The van der Waals surface area contributed by atoms with Gasteiger partial charge in [-0.05, 0) is 18.9 Å². The maximum Gasteiger partial charge on any atom is 0.322 e. The summed E-state index contributed by atoms with van der Waals surface area (Å²) in [6, 6.07) is 1.77. The maximum atomic E-state index is 11.9. The summed E-state index contributed by atoms with van der Waals surface area (Å²) >= 11 is 0. The van der Waals surface area contributed by atoms with Crippen LogP contribution in [-0.4, -0.2) is 25.9 Å². The quantitative estimate of drug-likeness (QED) is 0.927. The average molecular weight is 275 g/mol. The third-order valence-electron chi connectivity index (χ3n) is 3.56. The summed E-state index contributed by atoms with van der Waals surface area (Å²) < 4.78 is 7.10. The number of anilines is 1. The molecule has 1 aliphatic carbocycles. The van der Waals surface area contributed by atoms with Gasteiger partial charge in [-0.15, -0.1) is 5.10 Å². The molecule has 106 valence electrons. The second-order valence-electron chi connectivity index (χ2n) is 5.11. The summed E-state index contributed by atoms with van der Waals surface area (Å²) in [5, 5.41) is 14.5. The topological polar surface area (TPSA) is 85.8 Å². The van der Waals surface area contributed by atoms with Crippen LogP contribution in [0.5, 0.6) is 0 Å². The second-order valence-corrected chi connectivity index (χ2v) is 5.11. The van der Waals surface area contributed by atoms with Crippen LogP contribution in [0.25, 0.3) is 0 Å². The van der Waals surface area contributed by atoms with E-state index in [9.17, 15) is 4.79 Å². The van der Waals surface area contributed by atoms with Crippen molar-refractivity contribution >= 4 is 11.9 Å². The molecule has 1 amide bonds. The van der Waals surface area contributed by atoms with E-state index in [0.29, 0.717) is 17.5 Å². The lowest BCUT2D eigenvalue weighted by molar-refractivity contribution is 0.101. The number of aromatic nitrogens is 4. The highest BCUT2D eigenvalue weighted by Crippen LogP contribution is 2.32. The molecule has 7 heteroatoms. The molecule has 20 heavy (non-hydrogen) atoms. The molecular formula is C13H17N5O2. The van der Waals surface area contributed by atoms with E-state index in [4.69, 9.17) is 4.42 Å². The summed E-state index contributed by atoms with van der Waals surface area (Å²) in [6.45, 7) is 0. The zero-order chi connectivity index (χ0) is 13.9. The molecule has 7 nitrogen and oxygen atoms in total. The van der Waals surface area contributed by atoms with Crippen molar-refractivity contribution in [3.8, 4) is 0 Å². The molecule has 2 heterocycles. The number of aryl methyl sites for hydroxylation is 1. The number of hydrogen-bond acceptors (Lipinski definition) is 5. The molecule has 1 fully saturated rings. The van der Waals surface area contributed by atoms with Gasteiger partial charge >= 0.3 is 6.01 Å². The van der Waals surface area contributed by atoms with Crippen LogP contribution in [-0.2, 0) is 7.05 Å². The fourth-order valence-electron chi connectivity index (χ4n) is 2.50. The van der Waals surface area contributed by atoms with E-state index in [1.807, 2.05) is 0 Å². The minimum Gasteiger partial charge on any atom is -0.408 e. The molecule has 0 spiro atoms. The molecule has 0 saturated heterocycles. The number of carbonyl (C=O) groups is 1. The van der Waals surface area contributed by atoms with E-state index in [-0.39, 0.29) is 11.9 Å². The highest BCUT2D eigenvalue weighted by Gasteiger charge is 2.22. The van der Waals surface area contributed by atoms with Crippen molar-refractivity contribution in [2.24, 2.45) is 7.05 Å². The van der Waals surface area contributed by atoms with Crippen molar-refractivity contribution in [3.63, 3.8) is 0 Å². The predicted octanol–water partition coefficient (Wildman–Crippen LogP) is 2.10. The Morgan fingerprint density at radius 2 is 2.15 bits per heavy atom. The number of nitrogens with one attached hydrogen (secondary N) is 1. The lowest BCUT2D eigenvalue weighted by atomic mass is 9.89. The van der Waals surface area contributed by atoms with Crippen LogP contribution in [0, 0.1) is 0 Å². The maximum absolute atomic E-state index is 11.9. The van der Waals surface area contributed by atoms with Crippen LogP contribution < -0.4 is 5.32 Å². The van der Waals surface area contributed by atoms with E-state index in [1.165, 1.54) is 19.3 Å². The normalized spacial score (nSPS) is 16.2. The summed E-state index contributed by atoms with van der Waals surface area (Å²) in [5.74, 6) is 0.613. The van der Waals surface area contributed by atoms with Crippen molar-refractivity contribution in [2.75, 3.05) is 5.32 Å².